The first-order valence-electron chi connectivity index (χ1n) is 6.26. The van der Waals surface area contributed by atoms with E-state index in [0.717, 1.165) is 17.7 Å². The van der Waals surface area contributed by atoms with Crippen LogP contribution in [0, 0.1) is 0 Å². The van der Waals surface area contributed by atoms with Crippen LogP contribution in [0.25, 0.3) is 0 Å². The maximum absolute atomic E-state index is 11.7. The van der Waals surface area contributed by atoms with Crippen molar-refractivity contribution in [2.24, 2.45) is 0 Å². The molecular formula is C12H14N6OS. The van der Waals surface area contributed by atoms with Crippen molar-refractivity contribution in [3.05, 3.63) is 23.8 Å². The fourth-order valence-corrected chi connectivity index (χ4v) is 2.73. The molecule has 0 saturated heterocycles. The zero-order valence-electron chi connectivity index (χ0n) is 10.9. The Labute approximate surface area is 119 Å². The van der Waals surface area contributed by atoms with Gasteiger partial charge in [-0.3, -0.25) is 4.79 Å². The highest BCUT2D eigenvalue weighted by Crippen LogP contribution is 2.39. The minimum absolute atomic E-state index is 0.145. The van der Waals surface area contributed by atoms with Crippen LogP contribution in [0.3, 0.4) is 0 Å². The van der Waals surface area contributed by atoms with Gasteiger partial charge < -0.3 is 11.1 Å². The zero-order chi connectivity index (χ0) is 14.1. The van der Waals surface area contributed by atoms with Crippen LogP contribution in [0.15, 0.2) is 28.3 Å². The number of carbonyl (C=O) groups is 1. The van der Waals surface area contributed by atoms with Crippen molar-refractivity contribution in [1.82, 2.24) is 25.5 Å². The molecule has 0 radical (unpaired) electrons. The summed E-state index contributed by atoms with van der Waals surface area (Å²) in [6.45, 7) is 0. The van der Waals surface area contributed by atoms with E-state index in [0.29, 0.717) is 22.4 Å². The monoisotopic (exact) mass is 290 g/mol. The normalized spacial score (nSPS) is 14.2. The standard InChI is InChI=1S/C12H14N6OS/c1-14-11(19)7-2-5-9(13)10(6-7)20-12-15-16-17-18(12)8-3-4-8/h2,5-6,8H,3-4,13H2,1H3,(H,14,19). The molecule has 0 bridgehead atoms. The van der Waals surface area contributed by atoms with Gasteiger partial charge in [0.15, 0.2) is 0 Å². The van der Waals surface area contributed by atoms with Crippen molar-refractivity contribution in [2.45, 2.75) is 28.9 Å². The van der Waals surface area contributed by atoms with Crippen molar-refractivity contribution < 1.29 is 4.79 Å². The molecule has 7 nitrogen and oxygen atoms in total. The van der Waals surface area contributed by atoms with Crippen molar-refractivity contribution >= 4 is 23.4 Å². The zero-order valence-corrected chi connectivity index (χ0v) is 11.7. The van der Waals surface area contributed by atoms with Crippen LogP contribution in [0.4, 0.5) is 5.69 Å². The molecule has 3 rings (SSSR count). The van der Waals surface area contributed by atoms with Gasteiger partial charge in [-0.05, 0) is 53.2 Å². The van der Waals surface area contributed by atoms with Crippen LogP contribution in [-0.4, -0.2) is 33.2 Å². The maximum atomic E-state index is 11.7. The molecule has 1 aliphatic rings. The summed E-state index contributed by atoms with van der Waals surface area (Å²) in [4.78, 5) is 12.4. The van der Waals surface area contributed by atoms with Gasteiger partial charge in [0.1, 0.15) is 0 Å². The number of nitrogen functional groups attached to an aromatic ring is 1. The molecule has 1 amide bonds. The van der Waals surface area contributed by atoms with Crippen LogP contribution in [-0.2, 0) is 0 Å². The first-order valence-corrected chi connectivity index (χ1v) is 7.08. The number of amides is 1. The molecule has 0 aliphatic heterocycles. The van der Waals surface area contributed by atoms with Crippen LogP contribution in [0.2, 0.25) is 0 Å². The number of tetrazole rings is 1. The molecular weight excluding hydrogens is 276 g/mol. The van der Waals surface area contributed by atoms with Gasteiger partial charge in [-0.2, -0.15) is 0 Å². The Morgan fingerprint density at radius 3 is 3.00 bits per heavy atom. The van der Waals surface area contributed by atoms with Crippen molar-refractivity contribution in [3.63, 3.8) is 0 Å². The first-order chi connectivity index (χ1) is 9.69. The van der Waals surface area contributed by atoms with E-state index in [1.807, 2.05) is 4.68 Å². The van der Waals surface area contributed by atoms with Gasteiger partial charge in [-0.1, -0.05) is 0 Å². The summed E-state index contributed by atoms with van der Waals surface area (Å²) in [5, 5.41) is 15.0. The lowest BCUT2D eigenvalue weighted by molar-refractivity contribution is 0.0963. The third-order valence-corrected chi connectivity index (χ3v) is 4.08. The number of carbonyl (C=O) groups excluding carboxylic acids is 1. The summed E-state index contributed by atoms with van der Waals surface area (Å²) < 4.78 is 1.82. The number of nitrogens with two attached hydrogens (primary N) is 1. The summed E-state index contributed by atoms with van der Waals surface area (Å²) in [7, 11) is 1.60. The Morgan fingerprint density at radius 2 is 2.30 bits per heavy atom. The minimum Gasteiger partial charge on any atom is -0.398 e. The molecule has 2 aromatic rings. The highest BCUT2D eigenvalue weighted by Gasteiger charge is 2.28. The highest BCUT2D eigenvalue weighted by atomic mass is 32.2. The molecule has 1 aromatic carbocycles. The van der Waals surface area contributed by atoms with Gasteiger partial charge in [0.25, 0.3) is 5.91 Å². The quantitative estimate of drug-likeness (QED) is 0.818. The summed E-state index contributed by atoms with van der Waals surface area (Å²) in [6.07, 6.45) is 2.21. The van der Waals surface area contributed by atoms with Gasteiger partial charge in [0, 0.05) is 23.2 Å². The van der Waals surface area contributed by atoms with Crippen LogP contribution >= 0.6 is 11.8 Å². The number of nitrogens with one attached hydrogen (secondary N) is 1. The number of aromatic nitrogens is 4. The average Bonchev–Trinajstić information content (AvgIpc) is 3.20. The van der Waals surface area contributed by atoms with Crippen molar-refractivity contribution in [2.75, 3.05) is 12.8 Å². The Morgan fingerprint density at radius 1 is 1.50 bits per heavy atom. The molecule has 1 aromatic heterocycles. The molecule has 1 fully saturated rings. The largest absolute Gasteiger partial charge is 0.398 e. The second-order valence-corrected chi connectivity index (χ2v) is 5.58. The fourth-order valence-electron chi connectivity index (χ4n) is 1.81. The van der Waals surface area contributed by atoms with Crippen LogP contribution in [0.1, 0.15) is 29.2 Å². The second-order valence-electron chi connectivity index (χ2n) is 4.57. The summed E-state index contributed by atoms with van der Waals surface area (Å²) in [6, 6.07) is 5.57. The van der Waals surface area contributed by atoms with E-state index >= 15 is 0 Å². The molecule has 8 heteroatoms. The van der Waals surface area contributed by atoms with E-state index in [4.69, 9.17) is 5.73 Å². The van der Waals surface area contributed by atoms with Crippen molar-refractivity contribution in [3.8, 4) is 0 Å². The average molecular weight is 290 g/mol. The van der Waals surface area contributed by atoms with Gasteiger partial charge in [-0.25, -0.2) is 4.68 Å². The molecule has 1 aliphatic carbocycles. The van der Waals surface area contributed by atoms with E-state index < -0.39 is 0 Å². The first kappa shape index (κ1) is 12.9. The summed E-state index contributed by atoms with van der Waals surface area (Å²) >= 11 is 1.38. The smallest absolute Gasteiger partial charge is 0.251 e. The summed E-state index contributed by atoms with van der Waals surface area (Å²) in [5.74, 6) is -0.145. The van der Waals surface area contributed by atoms with Gasteiger partial charge in [0.2, 0.25) is 5.16 Å². The maximum Gasteiger partial charge on any atom is 0.251 e. The lowest BCUT2D eigenvalue weighted by Gasteiger charge is -2.07. The number of hydrogen-bond acceptors (Lipinski definition) is 6. The number of nitrogens with zero attached hydrogens (tertiary/aromatic N) is 4. The number of hydrogen-bond donors (Lipinski definition) is 2. The van der Waals surface area contributed by atoms with E-state index in [1.54, 1.807) is 25.2 Å². The Kier molecular flexibility index (Phi) is 3.31. The SMILES string of the molecule is CNC(=O)c1ccc(N)c(Sc2nnnn2C2CC2)c1. The molecule has 20 heavy (non-hydrogen) atoms. The predicted octanol–water partition coefficient (Wildman–Crippen LogP) is 1.10. The van der Waals surface area contributed by atoms with Gasteiger partial charge in [-0.15, -0.1) is 5.10 Å². The number of benzene rings is 1. The lowest BCUT2D eigenvalue weighted by atomic mass is 10.2. The second kappa shape index (κ2) is 5.12. The lowest BCUT2D eigenvalue weighted by Crippen LogP contribution is -2.17. The van der Waals surface area contributed by atoms with E-state index in [9.17, 15) is 4.79 Å². The van der Waals surface area contributed by atoms with Crippen LogP contribution in [0.5, 0.6) is 0 Å². The molecule has 0 unspecified atom stereocenters. The molecule has 1 saturated carbocycles. The van der Waals surface area contributed by atoms with Crippen LogP contribution < -0.4 is 11.1 Å². The third kappa shape index (κ3) is 2.46. The molecule has 0 atom stereocenters. The predicted molar refractivity (Wildman–Crippen MR) is 74.5 cm³/mol. The fraction of sp³-hybridized carbons (Fsp3) is 0.333. The van der Waals surface area contributed by atoms with E-state index in [2.05, 4.69) is 20.8 Å². The Balaban J connectivity index is 1.89. The minimum atomic E-state index is -0.145. The molecule has 104 valence electrons. The van der Waals surface area contributed by atoms with Crippen molar-refractivity contribution in [1.29, 1.82) is 0 Å². The van der Waals surface area contributed by atoms with E-state index in [1.165, 1.54) is 11.8 Å². The van der Waals surface area contributed by atoms with Gasteiger partial charge >= 0.3 is 0 Å². The van der Waals surface area contributed by atoms with Gasteiger partial charge in [0.05, 0.1) is 6.04 Å². The highest BCUT2D eigenvalue weighted by molar-refractivity contribution is 7.99. The van der Waals surface area contributed by atoms with E-state index in [-0.39, 0.29) is 5.91 Å². The molecule has 3 N–H and O–H groups in total. The summed E-state index contributed by atoms with van der Waals surface area (Å²) in [5.41, 5.74) is 7.13. The molecule has 1 heterocycles. The molecule has 0 spiro atoms. The Hall–Kier alpha value is -2.09. The Bertz CT molecular complexity index is 651. The number of rotatable bonds is 4. The number of anilines is 1. The third-order valence-electron chi connectivity index (χ3n) is 3.06. The topological polar surface area (TPSA) is 98.7 Å².